The van der Waals surface area contributed by atoms with Crippen molar-refractivity contribution in [3.8, 4) is 16.9 Å². The van der Waals surface area contributed by atoms with Crippen molar-refractivity contribution in [3.63, 3.8) is 0 Å². The lowest BCUT2D eigenvalue weighted by Gasteiger charge is -2.13. The molecule has 182 valence electrons. The largest absolute Gasteiger partial charge is 0.488 e. The third kappa shape index (κ3) is 4.94. The lowest BCUT2D eigenvalue weighted by Crippen LogP contribution is -2.13. The van der Waals surface area contributed by atoms with Crippen LogP contribution in [0.5, 0.6) is 5.75 Å². The molecule has 0 aliphatic rings. The smallest absolute Gasteiger partial charge is 0.264 e. The number of para-hydroxylation sites is 1. The van der Waals surface area contributed by atoms with Crippen molar-refractivity contribution >= 4 is 26.8 Å². The van der Waals surface area contributed by atoms with Gasteiger partial charge < -0.3 is 9.26 Å². The number of nitrogens with one attached hydrogen (secondary N) is 1. The number of aryl methyl sites for hydroxylation is 2. The van der Waals surface area contributed by atoms with Crippen LogP contribution < -0.4 is 9.46 Å². The fraction of sp³-hybridized carbons (Fsp3) is 0.143. The Kier molecular flexibility index (Phi) is 6.43. The van der Waals surface area contributed by atoms with Crippen molar-refractivity contribution in [2.45, 2.75) is 31.8 Å². The molecule has 0 unspecified atom stereocenters. The van der Waals surface area contributed by atoms with Crippen LogP contribution in [0.15, 0.2) is 94.3 Å². The van der Waals surface area contributed by atoms with E-state index in [-0.39, 0.29) is 10.8 Å². The van der Waals surface area contributed by atoms with Gasteiger partial charge in [-0.25, -0.2) is 13.1 Å². The van der Waals surface area contributed by atoms with Gasteiger partial charge in [-0.1, -0.05) is 66.7 Å². The van der Waals surface area contributed by atoms with E-state index in [1.807, 2.05) is 60.7 Å². The summed E-state index contributed by atoms with van der Waals surface area (Å²) in [6, 6.07) is 26.0. The molecule has 36 heavy (non-hydrogen) atoms. The van der Waals surface area contributed by atoms with Crippen LogP contribution in [-0.2, 0) is 23.1 Å². The van der Waals surface area contributed by atoms with Crippen molar-refractivity contribution in [1.82, 2.24) is 10.1 Å². The highest BCUT2D eigenvalue weighted by molar-refractivity contribution is 7.92. The van der Waals surface area contributed by atoms with Crippen LogP contribution in [0.4, 0.5) is 5.88 Å². The predicted molar refractivity (Wildman–Crippen MR) is 139 cm³/mol. The molecule has 0 aliphatic heterocycles. The Morgan fingerprint density at radius 1 is 0.944 bits per heavy atom. The number of hydrogen-bond acceptors (Lipinski definition) is 6. The summed E-state index contributed by atoms with van der Waals surface area (Å²) in [5.41, 5.74) is 4.80. The number of pyridine rings is 1. The summed E-state index contributed by atoms with van der Waals surface area (Å²) in [6.07, 6.45) is 0.823. The highest BCUT2D eigenvalue weighted by Gasteiger charge is 2.21. The molecule has 3 aromatic carbocycles. The first-order valence-corrected chi connectivity index (χ1v) is 13.1. The van der Waals surface area contributed by atoms with Crippen molar-refractivity contribution in [1.29, 1.82) is 0 Å². The van der Waals surface area contributed by atoms with Gasteiger partial charge in [0.05, 0.1) is 16.1 Å². The van der Waals surface area contributed by atoms with Crippen molar-refractivity contribution in [2.75, 3.05) is 4.72 Å². The summed E-state index contributed by atoms with van der Waals surface area (Å²) < 4.78 is 39.8. The lowest BCUT2D eigenvalue weighted by molar-refractivity contribution is 0.309. The molecule has 0 saturated heterocycles. The second-order valence-corrected chi connectivity index (χ2v) is 10.1. The van der Waals surface area contributed by atoms with Crippen molar-refractivity contribution in [3.05, 3.63) is 102 Å². The molecule has 0 saturated carbocycles. The van der Waals surface area contributed by atoms with Gasteiger partial charge in [0.25, 0.3) is 10.0 Å². The van der Waals surface area contributed by atoms with Gasteiger partial charge in [0.1, 0.15) is 12.4 Å². The monoisotopic (exact) mass is 499 g/mol. The molecule has 0 atom stereocenters. The zero-order valence-corrected chi connectivity index (χ0v) is 20.7. The summed E-state index contributed by atoms with van der Waals surface area (Å²) >= 11 is 0. The average Bonchev–Trinajstić information content (AvgIpc) is 3.31. The summed E-state index contributed by atoms with van der Waals surface area (Å²) in [7, 11) is -3.88. The van der Waals surface area contributed by atoms with E-state index < -0.39 is 10.0 Å². The predicted octanol–water partition coefficient (Wildman–Crippen LogP) is 6.14. The minimum absolute atomic E-state index is 0.0738. The van der Waals surface area contributed by atoms with Gasteiger partial charge in [0.15, 0.2) is 0 Å². The third-order valence-corrected chi connectivity index (χ3v) is 7.20. The number of ether oxygens (including phenoxy) is 1. The number of fused-ring (bicyclic) bond motifs is 1. The summed E-state index contributed by atoms with van der Waals surface area (Å²) in [6.45, 7) is 4.17. The molecule has 0 fully saturated rings. The van der Waals surface area contributed by atoms with Gasteiger partial charge in [-0.3, -0.25) is 4.98 Å². The highest BCUT2D eigenvalue weighted by atomic mass is 32.2. The maximum atomic E-state index is 13.1. The van der Waals surface area contributed by atoms with Gasteiger partial charge in [0.2, 0.25) is 5.88 Å². The molecular formula is C28H25N3O4S. The molecular weight excluding hydrogens is 474 g/mol. The molecule has 2 aromatic heterocycles. The van der Waals surface area contributed by atoms with Crippen LogP contribution in [0.1, 0.15) is 23.9 Å². The van der Waals surface area contributed by atoms with E-state index in [2.05, 4.69) is 21.8 Å². The number of hydrogen-bond donors (Lipinski definition) is 1. The van der Waals surface area contributed by atoms with Gasteiger partial charge in [0, 0.05) is 28.8 Å². The normalized spacial score (nSPS) is 11.5. The van der Waals surface area contributed by atoms with Gasteiger partial charge >= 0.3 is 0 Å². The molecule has 5 aromatic rings. The van der Waals surface area contributed by atoms with Crippen molar-refractivity contribution < 1.29 is 17.7 Å². The van der Waals surface area contributed by atoms with Crippen LogP contribution in [0.3, 0.4) is 0 Å². The molecule has 5 rings (SSSR count). The zero-order valence-electron chi connectivity index (χ0n) is 19.9. The maximum absolute atomic E-state index is 13.1. The van der Waals surface area contributed by atoms with E-state index in [0.29, 0.717) is 17.9 Å². The third-order valence-electron chi connectivity index (χ3n) is 5.79. The number of rotatable bonds is 8. The van der Waals surface area contributed by atoms with E-state index in [1.54, 1.807) is 25.1 Å². The molecule has 0 radical (unpaired) electrons. The molecule has 2 heterocycles. The van der Waals surface area contributed by atoms with Gasteiger partial charge in [-0.15, -0.1) is 0 Å². The fourth-order valence-electron chi connectivity index (χ4n) is 3.98. The van der Waals surface area contributed by atoms with Crippen LogP contribution >= 0.6 is 0 Å². The van der Waals surface area contributed by atoms with Gasteiger partial charge in [-0.2, -0.15) is 0 Å². The lowest BCUT2D eigenvalue weighted by atomic mass is 10.0. The summed E-state index contributed by atoms with van der Waals surface area (Å²) in [5, 5.41) is 4.71. The second-order valence-electron chi connectivity index (χ2n) is 8.40. The summed E-state index contributed by atoms with van der Waals surface area (Å²) in [4.78, 5) is 4.82. The fourth-order valence-corrected chi connectivity index (χ4v) is 5.18. The molecule has 7 nitrogen and oxygen atoms in total. The highest BCUT2D eigenvalue weighted by Crippen LogP contribution is 2.30. The molecule has 0 bridgehead atoms. The van der Waals surface area contributed by atoms with E-state index in [4.69, 9.17) is 9.26 Å². The Morgan fingerprint density at radius 3 is 2.44 bits per heavy atom. The van der Waals surface area contributed by atoms with Crippen LogP contribution in [0, 0.1) is 6.92 Å². The Morgan fingerprint density at radius 2 is 1.69 bits per heavy atom. The Bertz CT molecular complexity index is 1630. The number of aromatic nitrogens is 2. The first-order valence-electron chi connectivity index (χ1n) is 11.6. The van der Waals surface area contributed by atoms with Crippen LogP contribution in [-0.4, -0.2) is 18.6 Å². The molecule has 0 spiro atoms. The van der Waals surface area contributed by atoms with Crippen LogP contribution in [0.2, 0.25) is 0 Å². The Hall–Kier alpha value is -4.17. The minimum atomic E-state index is -3.88. The standard InChI is InChI=1S/C28H25N3O4S/c1-3-22-17-26(24-9-4-6-10-25(24)29-22)34-18-20-12-14-21(15-13-20)23-8-5-7-11-27(23)36(32,33)31-28-16-19(2)30-35-28/h4-17,31H,3,18H2,1-2H3. The first-order chi connectivity index (χ1) is 17.4. The zero-order chi connectivity index (χ0) is 25.1. The van der Waals surface area contributed by atoms with E-state index in [9.17, 15) is 8.42 Å². The number of sulfonamides is 1. The maximum Gasteiger partial charge on any atom is 0.264 e. The molecule has 0 aliphatic carbocycles. The molecule has 1 N–H and O–H groups in total. The van der Waals surface area contributed by atoms with Crippen LogP contribution in [0.25, 0.3) is 22.0 Å². The SMILES string of the molecule is CCc1cc(OCc2ccc(-c3ccccc3S(=O)(=O)Nc3cc(C)no3)cc2)c2ccccc2n1. The number of nitrogens with zero attached hydrogens (tertiary/aromatic N) is 2. The van der Waals surface area contributed by atoms with E-state index in [0.717, 1.165) is 39.9 Å². The molecule has 8 heteroatoms. The average molecular weight is 500 g/mol. The molecule has 0 amide bonds. The number of anilines is 1. The Labute approximate surface area is 209 Å². The topological polar surface area (TPSA) is 94.3 Å². The first kappa shape index (κ1) is 23.6. The van der Waals surface area contributed by atoms with Gasteiger partial charge in [-0.05, 0) is 42.7 Å². The quantitative estimate of drug-likeness (QED) is 0.276. The Balaban J connectivity index is 1.37. The van der Waals surface area contributed by atoms with E-state index in [1.165, 1.54) is 6.07 Å². The minimum Gasteiger partial charge on any atom is -0.488 e. The second kappa shape index (κ2) is 9.83. The summed E-state index contributed by atoms with van der Waals surface area (Å²) in [5.74, 6) is 0.872. The van der Waals surface area contributed by atoms with E-state index >= 15 is 0 Å². The number of benzene rings is 3. The van der Waals surface area contributed by atoms with Crippen molar-refractivity contribution in [2.24, 2.45) is 0 Å².